The van der Waals surface area contributed by atoms with E-state index in [-0.39, 0.29) is 6.10 Å². The van der Waals surface area contributed by atoms with E-state index in [4.69, 9.17) is 0 Å². The molecule has 1 heterocycles. The van der Waals surface area contributed by atoms with Crippen molar-refractivity contribution in [3.8, 4) is 0 Å². The Morgan fingerprint density at radius 2 is 2.33 bits per heavy atom. The molecule has 0 aromatic heterocycles. The maximum Gasteiger partial charge on any atom is 0.0731 e. The zero-order valence-electron chi connectivity index (χ0n) is 10.8. The molecule has 100 valence electrons. The Balaban J connectivity index is 2.00. The molecule has 2 N–H and O–H groups in total. The van der Waals surface area contributed by atoms with E-state index in [1.807, 2.05) is 0 Å². The summed E-state index contributed by atoms with van der Waals surface area (Å²) in [5.41, 5.74) is 2.48. The van der Waals surface area contributed by atoms with E-state index in [0.29, 0.717) is 0 Å². The maximum absolute atomic E-state index is 9.56. The van der Waals surface area contributed by atoms with Crippen LogP contribution in [0.15, 0.2) is 22.7 Å². The molecule has 0 radical (unpaired) electrons. The Bertz CT molecular complexity index is 397. The number of hydrogen-bond acceptors (Lipinski definition) is 3. The molecule has 1 aliphatic rings. The lowest BCUT2D eigenvalue weighted by molar-refractivity contribution is 0.198. The van der Waals surface area contributed by atoms with Crippen LogP contribution in [-0.2, 0) is 6.54 Å². The Morgan fingerprint density at radius 1 is 1.50 bits per heavy atom. The van der Waals surface area contributed by atoms with E-state index in [0.717, 1.165) is 43.5 Å². The first-order valence-corrected chi connectivity index (χ1v) is 7.42. The van der Waals surface area contributed by atoms with Gasteiger partial charge in [-0.2, -0.15) is 0 Å². The quantitative estimate of drug-likeness (QED) is 0.820. The molecule has 1 aromatic rings. The van der Waals surface area contributed by atoms with Crippen molar-refractivity contribution >= 4 is 21.6 Å². The Morgan fingerprint density at radius 3 is 2.94 bits per heavy atom. The highest BCUT2D eigenvalue weighted by atomic mass is 79.9. The van der Waals surface area contributed by atoms with Gasteiger partial charge in [-0.05, 0) is 37.1 Å². The van der Waals surface area contributed by atoms with Crippen molar-refractivity contribution in [2.75, 3.05) is 24.5 Å². The van der Waals surface area contributed by atoms with Crippen LogP contribution in [-0.4, -0.2) is 30.8 Å². The van der Waals surface area contributed by atoms with Crippen LogP contribution in [0.2, 0.25) is 0 Å². The summed E-state index contributed by atoms with van der Waals surface area (Å²) in [7, 11) is 0. The van der Waals surface area contributed by atoms with Gasteiger partial charge in [0.15, 0.2) is 0 Å². The molecule has 1 fully saturated rings. The summed E-state index contributed by atoms with van der Waals surface area (Å²) in [5, 5.41) is 13.0. The fraction of sp³-hybridized carbons (Fsp3) is 0.571. The van der Waals surface area contributed by atoms with E-state index in [2.05, 4.69) is 51.3 Å². The Labute approximate surface area is 117 Å². The van der Waals surface area contributed by atoms with Crippen molar-refractivity contribution < 1.29 is 5.11 Å². The fourth-order valence-electron chi connectivity index (χ4n) is 2.25. The van der Waals surface area contributed by atoms with Gasteiger partial charge in [-0.15, -0.1) is 0 Å². The lowest BCUT2D eigenvalue weighted by Gasteiger charge is -2.19. The van der Waals surface area contributed by atoms with E-state index in [9.17, 15) is 5.11 Å². The zero-order chi connectivity index (χ0) is 13.0. The predicted molar refractivity (Wildman–Crippen MR) is 79.0 cm³/mol. The lowest BCUT2D eigenvalue weighted by Crippen LogP contribution is -2.21. The van der Waals surface area contributed by atoms with E-state index in [1.165, 1.54) is 11.3 Å². The number of nitrogens with one attached hydrogen (secondary N) is 1. The van der Waals surface area contributed by atoms with Gasteiger partial charge in [0.25, 0.3) is 0 Å². The van der Waals surface area contributed by atoms with E-state index >= 15 is 0 Å². The highest BCUT2D eigenvalue weighted by Gasteiger charge is 2.20. The molecule has 1 unspecified atom stereocenters. The molecule has 3 nitrogen and oxygen atoms in total. The zero-order valence-corrected chi connectivity index (χ0v) is 12.4. The molecular weight excluding hydrogens is 292 g/mol. The number of aliphatic hydroxyl groups is 1. The average Bonchev–Trinajstić information content (AvgIpc) is 2.78. The summed E-state index contributed by atoms with van der Waals surface area (Å²) in [6.07, 6.45) is 1.85. The topological polar surface area (TPSA) is 35.5 Å². The summed E-state index contributed by atoms with van der Waals surface area (Å²) in [5.74, 6) is 0. The van der Waals surface area contributed by atoms with Crippen LogP contribution in [0.25, 0.3) is 0 Å². The van der Waals surface area contributed by atoms with Crippen LogP contribution in [0, 0.1) is 0 Å². The van der Waals surface area contributed by atoms with Crippen LogP contribution in [0.5, 0.6) is 0 Å². The lowest BCUT2D eigenvalue weighted by atomic mass is 10.2. The van der Waals surface area contributed by atoms with Gasteiger partial charge in [0.05, 0.1) is 6.10 Å². The van der Waals surface area contributed by atoms with Crippen molar-refractivity contribution in [2.45, 2.75) is 32.4 Å². The van der Waals surface area contributed by atoms with Crippen LogP contribution < -0.4 is 10.2 Å². The molecule has 0 amide bonds. The van der Waals surface area contributed by atoms with Crippen molar-refractivity contribution in [3.05, 3.63) is 28.2 Å². The minimum atomic E-state index is -0.172. The molecule has 1 aliphatic heterocycles. The van der Waals surface area contributed by atoms with Gasteiger partial charge >= 0.3 is 0 Å². The fourth-order valence-corrected chi connectivity index (χ4v) is 2.76. The van der Waals surface area contributed by atoms with Crippen LogP contribution >= 0.6 is 15.9 Å². The number of rotatable bonds is 5. The highest BCUT2D eigenvalue weighted by Crippen LogP contribution is 2.26. The number of β-amino-alcohol motifs (C(OH)–C–C–N with tert-alkyl or cyclic N) is 1. The van der Waals surface area contributed by atoms with E-state index in [1.54, 1.807) is 0 Å². The van der Waals surface area contributed by atoms with Crippen molar-refractivity contribution in [3.63, 3.8) is 0 Å². The summed E-state index contributed by atoms with van der Waals surface area (Å²) in [6, 6.07) is 6.46. The van der Waals surface area contributed by atoms with E-state index < -0.39 is 0 Å². The second kappa shape index (κ2) is 6.55. The summed E-state index contributed by atoms with van der Waals surface area (Å²) in [6.45, 7) is 5.81. The van der Waals surface area contributed by atoms with Gasteiger partial charge in [0, 0.05) is 29.8 Å². The van der Waals surface area contributed by atoms with Crippen molar-refractivity contribution in [2.24, 2.45) is 0 Å². The first kappa shape index (κ1) is 13.8. The SMILES string of the molecule is CCCNCc1ccc(N2CCC(O)C2)cc1Br. The Hall–Kier alpha value is -0.580. The Kier molecular flexibility index (Phi) is 5.03. The first-order chi connectivity index (χ1) is 8.70. The number of anilines is 1. The third kappa shape index (κ3) is 3.46. The number of benzene rings is 1. The third-order valence-electron chi connectivity index (χ3n) is 3.31. The number of halogens is 1. The predicted octanol–water partition coefficient (Wildman–Crippen LogP) is 2.52. The van der Waals surface area contributed by atoms with Gasteiger partial charge in [-0.3, -0.25) is 0 Å². The molecule has 2 rings (SSSR count). The first-order valence-electron chi connectivity index (χ1n) is 6.63. The smallest absolute Gasteiger partial charge is 0.0731 e. The molecule has 1 atom stereocenters. The standard InChI is InChI=1S/C14H21BrN2O/c1-2-6-16-9-11-3-4-12(8-14(11)15)17-7-5-13(18)10-17/h3-4,8,13,16,18H,2,5-7,9-10H2,1H3. The van der Waals surface area contributed by atoms with Gasteiger partial charge in [0.2, 0.25) is 0 Å². The second-order valence-electron chi connectivity index (χ2n) is 4.84. The van der Waals surface area contributed by atoms with Gasteiger partial charge in [0.1, 0.15) is 0 Å². The van der Waals surface area contributed by atoms with Gasteiger partial charge < -0.3 is 15.3 Å². The van der Waals surface area contributed by atoms with Crippen molar-refractivity contribution in [1.82, 2.24) is 5.32 Å². The molecule has 0 bridgehead atoms. The second-order valence-corrected chi connectivity index (χ2v) is 5.70. The van der Waals surface area contributed by atoms with Crippen LogP contribution in [0.1, 0.15) is 25.3 Å². The van der Waals surface area contributed by atoms with Gasteiger partial charge in [-0.1, -0.05) is 28.9 Å². The molecule has 18 heavy (non-hydrogen) atoms. The summed E-state index contributed by atoms with van der Waals surface area (Å²) < 4.78 is 1.14. The molecule has 0 aliphatic carbocycles. The van der Waals surface area contributed by atoms with Gasteiger partial charge in [-0.25, -0.2) is 0 Å². The number of nitrogens with zero attached hydrogens (tertiary/aromatic N) is 1. The average molecular weight is 313 g/mol. The molecule has 4 heteroatoms. The summed E-state index contributed by atoms with van der Waals surface area (Å²) in [4.78, 5) is 2.23. The number of hydrogen-bond donors (Lipinski definition) is 2. The van der Waals surface area contributed by atoms with Crippen LogP contribution in [0.4, 0.5) is 5.69 Å². The molecular formula is C14H21BrN2O. The minimum Gasteiger partial charge on any atom is -0.391 e. The highest BCUT2D eigenvalue weighted by molar-refractivity contribution is 9.10. The molecule has 0 spiro atoms. The van der Waals surface area contributed by atoms with Crippen LogP contribution in [0.3, 0.4) is 0 Å². The molecule has 0 saturated carbocycles. The third-order valence-corrected chi connectivity index (χ3v) is 4.05. The maximum atomic E-state index is 9.56. The molecule has 1 aromatic carbocycles. The van der Waals surface area contributed by atoms with Crippen molar-refractivity contribution in [1.29, 1.82) is 0 Å². The summed E-state index contributed by atoms with van der Waals surface area (Å²) >= 11 is 3.63. The normalized spacial score (nSPS) is 19.5. The largest absolute Gasteiger partial charge is 0.391 e. The minimum absolute atomic E-state index is 0.172. The monoisotopic (exact) mass is 312 g/mol. The number of aliphatic hydroxyl groups excluding tert-OH is 1. The molecule has 1 saturated heterocycles.